The van der Waals surface area contributed by atoms with E-state index in [9.17, 15) is 23.3 Å². The van der Waals surface area contributed by atoms with E-state index in [1.165, 1.54) is 17.3 Å². The van der Waals surface area contributed by atoms with Gasteiger partial charge in [-0.3, -0.25) is 9.69 Å². The summed E-state index contributed by atoms with van der Waals surface area (Å²) in [7, 11) is -4.75. The van der Waals surface area contributed by atoms with Gasteiger partial charge in [-0.05, 0) is 126 Å². The quantitative estimate of drug-likeness (QED) is 0.0792. The number of fused-ring (bicyclic) bond motifs is 2. The number of anilines is 2. The number of sulfonamides is 1. The monoisotopic (exact) mass is 946 g/mol. The fourth-order valence-electron chi connectivity index (χ4n) is 11.5. The van der Waals surface area contributed by atoms with Crippen LogP contribution in [0.5, 0.6) is 17.2 Å². The third-order valence-corrected chi connectivity index (χ3v) is 16.7. The number of carbonyl (C=O) groups excluding carboxylic acids is 1. The number of benzene rings is 2. The van der Waals surface area contributed by atoms with Gasteiger partial charge in [0, 0.05) is 55.1 Å². The minimum absolute atomic E-state index is 0.0139. The van der Waals surface area contributed by atoms with Crippen molar-refractivity contribution >= 4 is 44.2 Å². The van der Waals surface area contributed by atoms with E-state index in [1.807, 2.05) is 6.07 Å². The fraction of sp³-hybridized carbons (Fsp3) is 0.510. The summed E-state index contributed by atoms with van der Waals surface area (Å²) in [6.07, 6.45) is 12.7. The molecule has 6 heterocycles. The summed E-state index contributed by atoms with van der Waals surface area (Å²) < 4.78 is 48.4. The summed E-state index contributed by atoms with van der Waals surface area (Å²) >= 11 is 0. The van der Waals surface area contributed by atoms with Crippen molar-refractivity contribution in [3.05, 3.63) is 99.9 Å². The number of hydrogen-bond acceptors (Lipinski definition) is 13. The van der Waals surface area contributed by atoms with E-state index in [4.69, 9.17) is 14.2 Å². The molecule has 0 unspecified atom stereocenters. The van der Waals surface area contributed by atoms with E-state index in [1.54, 1.807) is 30.5 Å². The van der Waals surface area contributed by atoms with Crippen LogP contribution in [0.4, 0.5) is 17.2 Å². The van der Waals surface area contributed by atoms with Gasteiger partial charge in [-0.2, -0.15) is 8.42 Å². The van der Waals surface area contributed by atoms with Gasteiger partial charge in [0.05, 0.1) is 37.1 Å². The molecule has 5 aliphatic rings. The van der Waals surface area contributed by atoms with Crippen LogP contribution in [0.15, 0.2) is 78.1 Å². The zero-order chi connectivity index (χ0) is 47.4. The number of aromatic nitrogens is 3. The number of ether oxygens (including phenoxy) is 3. The summed E-state index contributed by atoms with van der Waals surface area (Å²) in [5, 5.41) is 15.7. The first-order chi connectivity index (χ1) is 32.6. The molecule has 3 aliphatic heterocycles. The second-order valence-corrected chi connectivity index (χ2v) is 22.5. The first kappa shape index (κ1) is 46.0. The molecule has 360 valence electrons. The van der Waals surface area contributed by atoms with Gasteiger partial charge in [-0.1, -0.05) is 52.0 Å². The van der Waals surface area contributed by atoms with Gasteiger partial charge in [0.25, 0.3) is 10.9 Å². The Hall–Kier alpha value is -5.78. The van der Waals surface area contributed by atoms with Crippen LogP contribution >= 0.6 is 0 Å². The number of pyridine rings is 2. The molecule has 2 saturated carbocycles. The average Bonchev–Trinajstić information content (AvgIpc) is 3.79. The Morgan fingerprint density at radius 2 is 1.79 bits per heavy atom. The van der Waals surface area contributed by atoms with Crippen LogP contribution < -0.4 is 24.4 Å². The Kier molecular flexibility index (Phi) is 12.4. The smallest absolute Gasteiger partial charge is 0.392 e. The summed E-state index contributed by atoms with van der Waals surface area (Å²) in [4.78, 5) is 42.2. The third kappa shape index (κ3) is 9.36. The maximum atomic E-state index is 14.1. The zero-order valence-electron chi connectivity index (χ0n) is 39.3. The third-order valence-electron chi connectivity index (χ3n) is 15.4. The molecule has 0 bridgehead atoms. The lowest BCUT2D eigenvalue weighted by Gasteiger charge is -2.57. The Balaban J connectivity index is 0.847. The van der Waals surface area contributed by atoms with Crippen LogP contribution in [0, 0.1) is 26.9 Å². The lowest BCUT2D eigenvalue weighted by Crippen LogP contribution is -2.58. The number of amides is 1. The number of nitrogens with one attached hydrogen (secondary N) is 3. The predicted molar refractivity (Wildman–Crippen MR) is 259 cm³/mol. The van der Waals surface area contributed by atoms with E-state index < -0.39 is 31.7 Å². The number of H-pyrrole nitrogens is 1. The standard InChI is InChI=1S/C51H62N8O8S/c1-32(2)39-7-5-6-8-40(39)42-31-65-22-21-58(42)37-27-51(28-37)16-19-57(20-17-51)36-9-10-41(43(25-36)67-38-24-34-13-18-52-47(34)53-29-38)49(60)56-68(63,64)45-26-44-46(48(55-45)59(61)62)54-35(30-66-44)23-33-11-14-50(3,4)15-12-33/h5-10,13,18,24-26,29,32-33,35,37,42,54H,11-12,14-17,19-23,27-28,30-31H2,1-4H3,(H,52,53)(H,56,60)/t35-,42-/m0/s1. The molecule has 1 amide bonds. The molecular formula is C51H62N8O8S. The first-order valence-electron chi connectivity index (χ1n) is 24.2. The van der Waals surface area contributed by atoms with Crippen molar-refractivity contribution in [2.75, 3.05) is 49.7 Å². The maximum absolute atomic E-state index is 14.1. The van der Waals surface area contributed by atoms with Crippen molar-refractivity contribution in [1.82, 2.24) is 24.6 Å². The molecule has 3 aromatic heterocycles. The van der Waals surface area contributed by atoms with Crippen molar-refractivity contribution in [2.24, 2.45) is 16.7 Å². The van der Waals surface area contributed by atoms with Gasteiger partial charge in [0.2, 0.25) is 0 Å². The summed E-state index contributed by atoms with van der Waals surface area (Å²) in [6.45, 7) is 13.3. The van der Waals surface area contributed by atoms with Gasteiger partial charge in [0.15, 0.2) is 11.4 Å². The molecule has 5 aromatic rings. The molecule has 0 radical (unpaired) electrons. The summed E-state index contributed by atoms with van der Waals surface area (Å²) in [5.41, 5.74) is 4.79. The normalized spacial score (nSPS) is 22.0. The Morgan fingerprint density at radius 1 is 1.01 bits per heavy atom. The van der Waals surface area contributed by atoms with Crippen LogP contribution in [0.3, 0.4) is 0 Å². The van der Waals surface area contributed by atoms with Gasteiger partial charge in [0.1, 0.15) is 23.8 Å². The molecule has 2 aromatic carbocycles. The van der Waals surface area contributed by atoms with Crippen LogP contribution in [-0.2, 0) is 14.8 Å². The molecule has 2 saturated heterocycles. The number of piperidine rings is 1. The molecule has 4 fully saturated rings. The van der Waals surface area contributed by atoms with E-state index in [0.717, 1.165) is 101 Å². The van der Waals surface area contributed by atoms with E-state index in [0.29, 0.717) is 41.3 Å². The minimum Gasteiger partial charge on any atom is -0.489 e. The molecule has 68 heavy (non-hydrogen) atoms. The first-order valence-corrected chi connectivity index (χ1v) is 25.7. The van der Waals surface area contributed by atoms with Crippen molar-refractivity contribution in [3.63, 3.8) is 0 Å². The largest absolute Gasteiger partial charge is 0.489 e. The number of morpholine rings is 1. The number of aromatic amines is 1. The highest BCUT2D eigenvalue weighted by atomic mass is 32.2. The van der Waals surface area contributed by atoms with E-state index >= 15 is 0 Å². The molecule has 1 spiro atoms. The van der Waals surface area contributed by atoms with Crippen molar-refractivity contribution in [2.45, 2.75) is 115 Å². The fourth-order valence-corrected chi connectivity index (χ4v) is 12.4. The number of hydrogen-bond donors (Lipinski definition) is 3. The summed E-state index contributed by atoms with van der Waals surface area (Å²) in [6, 6.07) is 19.2. The van der Waals surface area contributed by atoms with Gasteiger partial charge >= 0.3 is 15.8 Å². The van der Waals surface area contributed by atoms with Crippen LogP contribution in [0.2, 0.25) is 0 Å². The lowest BCUT2D eigenvalue weighted by atomic mass is 9.59. The van der Waals surface area contributed by atoms with Gasteiger partial charge < -0.3 is 39.5 Å². The average molecular weight is 947 g/mol. The SMILES string of the molecule is CC(C)c1ccccc1[C@@H]1COCCN1C1CC2(CCN(c3ccc(C(=O)NS(=O)(=O)c4cc5c(c([N+](=O)[O-])n4)N[C@@H](CC4CCC(C)(C)CC4)CO5)c(Oc4cnc5[nH]ccc5c4)c3)CC2)C1. The number of rotatable bonds is 12. The molecule has 3 N–H and O–H groups in total. The molecule has 17 heteroatoms. The van der Waals surface area contributed by atoms with Crippen LogP contribution in [0.1, 0.15) is 119 Å². The van der Waals surface area contributed by atoms with Crippen molar-refractivity contribution < 1.29 is 32.3 Å². The Labute approximate surface area is 397 Å². The Morgan fingerprint density at radius 3 is 2.56 bits per heavy atom. The minimum atomic E-state index is -4.75. The highest BCUT2D eigenvalue weighted by Crippen LogP contribution is 2.53. The van der Waals surface area contributed by atoms with Crippen LogP contribution in [-0.4, -0.2) is 90.6 Å². The molecular weight excluding hydrogens is 885 g/mol. The number of nitro groups is 1. The predicted octanol–water partition coefficient (Wildman–Crippen LogP) is 9.50. The van der Waals surface area contributed by atoms with E-state index in [2.05, 4.69) is 86.8 Å². The topological polar surface area (TPSA) is 194 Å². The number of nitrogens with zero attached hydrogens (tertiary/aromatic N) is 5. The molecule has 16 nitrogen and oxygen atoms in total. The summed E-state index contributed by atoms with van der Waals surface area (Å²) in [5.74, 6) is -0.337. The van der Waals surface area contributed by atoms with Crippen molar-refractivity contribution in [3.8, 4) is 17.2 Å². The highest BCUT2D eigenvalue weighted by molar-refractivity contribution is 7.90. The van der Waals surface area contributed by atoms with Crippen LogP contribution in [0.25, 0.3) is 11.0 Å². The van der Waals surface area contributed by atoms with E-state index in [-0.39, 0.29) is 46.9 Å². The van der Waals surface area contributed by atoms with Gasteiger partial charge in [-0.15, -0.1) is 0 Å². The van der Waals surface area contributed by atoms with Gasteiger partial charge in [-0.25, -0.2) is 9.71 Å². The lowest BCUT2D eigenvalue weighted by molar-refractivity contribution is -0.389. The van der Waals surface area contributed by atoms with Crippen molar-refractivity contribution in [1.29, 1.82) is 0 Å². The number of carbonyl (C=O) groups is 1. The highest BCUT2D eigenvalue weighted by Gasteiger charge is 2.50. The molecule has 2 atom stereocenters. The molecule has 2 aliphatic carbocycles. The zero-order valence-corrected chi connectivity index (χ0v) is 40.1. The molecule has 10 rings (SSSR count). The Bertz CT molecular complexity index is 2810. The maximum Gasteiger partial charge on any atom is 0.392 e. The second-order valence-electron chi connectivity index (χ2n) is 20.9. The second kappa shape index (κ2) is 18.3.